The normalized spacial score (nSPS) is 10.7. The molecule has 0 N–H and O–H groups in total. The van der Waals surface area contributed by atoms with Crippen LogP contribution in [0, 0.1) is 6.92 Å². The van der Waals surface area contributed by atoms with Crippen LogP contribution in [0.5, 0.6) is 0 Å². The number of hydrogen-bond donors (Lipinski definition) is 0. The summed E-state index contributed by atoms with van der Waals surface area (Å²) in [4.78, 5) is 11.8. The Morgan fingerprint density at radius 3 is 2.75 bits per heavy atom. The smallest absolute Gasteiger partial charge is 0.267 e. The Bertz CT molecular complexity index is 777. The third-order valence-electron chi connectivity index (χ3n) is 2.83. The summed E-state index contributed by atoms with van der Waals surface area (Å²) in [7, 11) is 0. The van der Waals surface area contributed by atoms with Crippen molar-refractivity contribution >= 4 is 0 Å². The summed E-state index contributed by atoms with van der Waals surface area (Å²) in [6, 6.07) is 11.0. The summed E-state index contributed by atoms with van der Waals surface area (Å²) in [6.07, 6.45) is 1.64. The van der Waals surface area contributed by atoms with Gasteiger partial charge in [0.15, 0.2) is 5.82 Å². The second kappa shape index (κ2) is 5.04. The van der Waals surface area contributed by atoms with E-state index in [0.29, 0.717) is 5.82 Å². The molecule has 3 aromatic rings. The van der Waals surface area contributed by atoms with Gasteiger partial charge in [-0.05, 0) is 35.0 Å². The summed E-state index contributed by atoms with van der Waals surface area (Å²) < 4.78 is 2.92. The van der Waals surface area contributed by atoms with E-state index in [1.807, 2.05) is 37.3 Å². The van der Waals surface area contributed by atoms with E-state index in [1.165, 1.54) is 10.7 Å². The maximum Gasteiger partial charge on any atom is 0.267 e. The molecule has 0 atom stereocenters. The van der Waals surface area contributed by atoms with Gasteiger partial charge in [-0.15, -0.1) is 5.10 Å². The van der Waals surface area contributed by atoms with E-state index >= 15 is 0 Å². The third kappa shape index (κ3) is 2.33. The van der Waals surface area contributed by atoms with Crippen LogP contribution < -0.4 is 5.56 Å². The van der Waals surface area contributed by atoms with Crippen molar-refractivity contribution in [2.24, 2.45) is 0 Å². The molecular formula is C13H12N6O. The van der Waals surface area contributed by atoms with Crippen molar-refractivity contribution in [2.75, 3.05) is 0 Å². The summed E-state index contributed by atoms with van der Waals surface area (Å²) in [5.41, 5.74) is 1.49. The second-order valence-corrected chi connectivity index (χ2v) is 4.37. The van der Waals surface area contributed by atoms with Crippen molar-refractivity contribution in [3.05, 3.63) is 64.3 Å². The van der Waals surface area contributed by atoms with Gasteiger partial charge in [0.25, 0.3) is 5.56 Å². The van der Waals surface area contributed by atoms with Crippen molar-refractivity contribution < 1.29 is 0 Å². The van der Waals surface area contributed by atoms with Crippen LogP contribution in [0.1, 0.15) is 11.4 Å². The average Bonchev–Trinajstić information content (AvgIpc) is 2.91. The summed E-state index contributed by atoms with van der Waals surface area (Å²) in [6.45, 7) is 2.05. The van der Waals surface area contributed by atoms with E-state index in [4.69, 9.17) is 0 Å². The first-order chi connectivity index (χ1) is 9.74. The molecule has 1 aromatic carbocycles. The fraction of sp³-hybridized carbons (Fsp3) is 0.154. The highest BCUT2D eigenvalue weighted by Crippen LogP contribution is 2.07. The largest absolute Gasteiger partial charge is 0.268 e. The highest BCUT2D eigenvalue weighted by molar-refractivity contribution is 5.30. The topological polar surface area (TPSA) is 78.5 Å². The number of benzene rings is 1. The highest BCUT2D eigenvalue weighted by atomic mass is 16.1. The molecule has 0 saturated carbocycles. The maximum absolute atomic E-state index is 11.8. The molecule has 0 aliphatic heterocycles. The van der Waals surface area contributed by atoms with Crippen LogP contribution in [0.4, 0.5) is 0 Å². The first kappa shape index (κ1) is 12.2. The van der Waals surface area contributed by atoms with E-state index in [0.717, 1.165) is 11.3 Å². The molecule has 0 spiro atoms. The van der Waals surface area contributed by atoms with Gasteiger partial charge in [-0.2, -0.15) is 9.78 Å². The van der Waals surface area contributed by atoms with Crippen molar-refractivity contribution in [2.45, 2.75) is 13.5 Å². The van der Waals surface area contributed by atoms with Crippen molar-refractivity contribution in [1.29, 1.82) is 0 Å². The van der Waals surface area contributed by atoms with Crippen LogP contribution in [0.25, 0.3) is 5.69 Å². The quantitative estimate of drug-likeness (QED) is 0.694. The third-order valence-corrected chi connectivity index (χ3v) is 2.83. The lowest BCUT2D eigenvalue weighted by Gasteiger charge is -2.05. The van der Waals surface area contributed by atoms with Gasteiger partial charge in [0.05, 0.1) is 11.9 Å². The first-order valence-corrected chi connectivity index (χ1v) is 6.10. The Kier molecular flexibility index (Phi) is 3.08. The molecule has 3 rings (SSSR count). The first-order valence-electron chi connectivity index (χ1n) is 6.10. The van der Waals surface area contributed by atoms with Gasteiger partial charge in [-0.3, -0.25) is 4.79 Å². The van der Waals surface area contributed by atoms with E-state index in [9.17, 15) is 4.79 Å². The summed E-state index contributed by atoms with van der Waals surface area (Å²) >= 11 is 0. The molecule has 20 heavy (non-hydrogen) atoms. The molecule has 0 fully saturated rings. The SMILES string of the molecule is Cc1cnn(Cc2nnnn2-c2ccccc2)c(=O)c1. The average molecular weight is 268 g/mol. The van der Waals surface area contributed by atoms with E-state index in [1.54, 1.807) is 10.9 Å². The lowest BCUT2D eigenvalue weighted by molar-refractivity contribution is 0.597. The number of tetrazole rings is 1. The lowest BCUT2D eigenvalue weighted by Crippen LogP contribution is -2.24. The Balaban J connectivity index is 1.97. The number of rotatable bonds is 3. The predicted molar refractivity (Wildman–Crippen MR) is 71.5 cm³/mol. The Morgan fingerprint density at radius 2 is 2.00 bits per heavy atom. The molecule has 7 nitrogen and oxygen atoms in total. The lowest BCUT2D eigenvalue weighted by atomic mass is 10.3. The van der Waals surface area contributed by atoms with Crippen molar-refractivity contribution in [3.63, 3.8) is 0 Å². The molecule has 0 aliphatic rings. The maximum atomic E-state index is 11.8. The number of aryl methyl sites for hydroxylation is 1. The molecule has 0 amide bonds. The zero-order valence-electron chi connectivity index (χ0n) is 10.8. The van der Waals surface area contributed by atoms with Gasteiger partial charge in [0, 0.05) is 6.07 Å². The van der Waals surface area contributed by atoms with Gasteiger partial charge in [0.1, 0.15) is 6.54 Å². The zero-order chi connectivity index (χ0) is 13.9. The highest BCUT2D eigenvalue weighted by Gasteiger charge is 2.10. The van der Waals surface area contributed by atoms with Gasteiger partial charge in [0.2, 0.25) is 0 Å². The number of para-hydroxylation sites is 1. The Hall–Kier alpha value is -2.83. The number of nitrogens with zero attached hydrogens (tertiary/aromatic N) is 6. The molecule has 7 heteroatoms. The van der Waals surface area contributed by atoms with Crippen molar-refractivity contribution in [1.82, 2.24) is 30.0 Å². The molecule has 0 aliphatic carbocycles. The van der Waals surface area contributed by atoms with Gasteiger partial charge in [-0.25, -0.2) is 4.68 Å². The molecule has 2 aromatic heterocycles. The Morgan fingerprint density at radius 1 is 1.20 bits per heavy atom. The zero-order valence-corrected chi connectivity index (χ0v) is 10.8. The van der Waals surface area contributed by atoms with Crippen LogP contribution in [0.15, 0.2) is 47.4 Å². The molecule has 100 valence electrons. The van der Waals surface area contributed by atoms with Crippen LogP contribution in [0.3, 0.4) is 0 Å². The van der Waals surface area contributed by atoms with E-state index < -0.39 is 0 Å². The van der Waals surface area contributed by atoms with Crippen LogP contribution in [-0.4, -0.2) is 30.0 Å². The number of hydrogen-bond acceptors (Lipinski definition) is 5. The molecule has 0 bridgehead atoms. The number of aromatic nitrogens is 6. The van der Waals surface area contributed by atoms with Crippen LogP contribution in [0.2, 0.25) is 0 Å². The van der Waals surface area contributed by atoms with Crippen LogP contribution in [-0.2, 0) is 6.54 Å². The minimum absolute atomic E-state index is 0.174. The van der Waals surface area contributed by atoms with Gasteiger partial charge < -0.3 is 0 Å². The molecule has 0 radical (unpaired) electrons. The van der Waals surface area contributed by atoms with E-state index in [2.05, 4.69) is 20.6 Å². The molecule has 0 saturated heterocycles. The second-order valence-electron chi connectivity index (χ2n) is 4.37. The molecule has 0 unspecified atom stereocenters. The molecular weight excluding hydrogens is 256 g/mol. The monoisotopic (exact) mass is 268 g/mol. The summed E-state index contributed by atoms with van der Waals surface area (Å²) in [5, 5.41) is 15.6. The van der Waals surface area contributed by atoms with Crippen molar-refractivity contribution in [3.8, 4) is 5.69 Å². The van der Waals surface area contributed by atoms with E-state index in [-0.39, 0.29) is 12.1 Å². The summed E-state index contributed by atoms with van der Waals surface area (Å²) in [5.74, 6) is 0.551. The molecule has 2 heterocycles. The predicted octanol–water partition coefficient (Wildman–Crippen LogP) is 0.576. The fourth-order valence-corrected chi connectivity index (χ4v) is 1.85. The minimum Gasteiger partial charge on any atom is -0.268 e. The fourth-order valence-electron chi connectivity index (χ4n) is 1.85. The standard InChI is InChI=1S/C13H12N6O/c1-10-7-13(20)18(14-8-10)9-12-15-16-17-19(12)11-5-3-2-4-6-11/h2-8H,9H2,1H3. The minimum atomic E-state index is -0.174. The van der Waals surface area contributed by atoms with Crippen LogP contribution >= 0.6 is 0 Å². The Labute approximate surface area is 114 Å². The van der Waals surface area contributed by atoms with Gasteiger partial charge in [-0.1, -0.05) is 18.2 Å². The van der Waals surface area contributed by atoms with Gasteiger partial charge >= 0.3 is 0 Å².